The molecule has 7 nitrogen and oxygen atoms in total. The van der Waals surface area contributed by atoms with E-state index in [0.29, 0.717) is 22.4 Å². The van der Waals surface area contributed by atoms with Gasteiger partial charge in [0.25, 0.3) is 11.5 Å². The van der Waals surface area contributed by atoms with Crippen LogP contribution in [0.4, 0.5) is 5.69 Å². The fourth-order valence-corrected chi connectivity index (χ4v) is 2.90. The first-order valence-electron chi connectivity index (χ1n) is 6.96. The molecule has 2 aromatic rings. The van der Waals surface area contributed by atoms with E-state index in [0.717, 1.165) is 0 Å². The van der Waals surface area contributed by atoms with E-state index in [4.69, 9.17) is 5.73 Å². The largest absolute Gasteiger partial charge is 0.399 e. The Kier molecular flexibility index (Phi) is 3.01. The number of hydrogen-bond donors (Lipinski definition) is 2. The molecule has 2 heterocycles. The van der Waals surface area contributed by atoms with Crippen LogP contribution in [0.1, 0.15) is 25.6 Å². The van der Waals surface area contributed by atoms with Crippen LogP contribution in [0.5, 0.6) is 0 Å². The SMILES string of the molecule is Cc1nc2cc(N)ccc2c(=O)n1[C@@]1(C)CCC(=O)NC1=O. The number of aromatic nitrogens is 2. The number of nitrogen functional groups attached to an aromatic ring is 1. The molecule has 7 heteroatoms. The molecule has 3 rings (SSSR count). The van der Waals surface area contributed by atoms with E-state index in [1.807, 2.05) is 0 Å². The highest BCUT2D eigenvalue weighted by atomic mass is 16.2. The van der Waals surface area contributed by atoms with E-state index in [1.165, 1.54) is 4.57 Å². The summed E-state index contributed by atoms with van der Waals surface area (Å²) >= 11 is 0. The minimum Gasteiger partial charge on any atom is -0.399 e. The number of aryl methyl sites for hydroxylation is 1. The molecule has 0 aliphatic carbocycles. The van der Waals surface area contributed by atoms with Crippen LogP contribution in [0.25, 0.3) is 10.9 Å². The van der Waals surface area contributed by atoms with Crippen LogP contribution in [0.15, 0.2) is 23.0 Å². The maximum absolute atomic E-state index is 12.8. The Morgan fingerprint density at radius 1 is 1.32 bits per heavy atom. The number of fused-ring (bicyclic) bond motifs is 1. The first-order chi connectivity index (χ1) is 10.3. The quantitative estimate of drug-likeness (QED) is 0.587. The molecule has 1 atom stereocenters. The van der Waals surface area contributed by atoms with Crippen LogP contribution in [0.3, 0.4) is 0 Å². The second-order valence-corrected chi connectivity index (χ2v) is 5.73. The Bertz CT molecular complexity index is 871. The van der Waals surface area contributed by atoms with Crippen LogP contribution < -0.4 is 16.6 Å². The number of piperidine rings is 1. The van der Waals surface area contributed by atoms with Gasteiger partial charge in [-0.2, -0.15) is 0 Å². The summed E-state index contributed by atoms with van der Waals surface area (Å²) in [7, 11) is 0. The number of imide groups is 1. The van der Waals surface area contributed by atoms with Crippen LogP contribution in [-0.4, -0.2) is 21.4 Å². The molecule has 3 N–H and O–H groups in total. The van der Waals surface area contributed by atoms with Crippen LogP contribution in [0, 0.1) is 6.92 Å². The minimum atomic E-state index is -1.13. The Hall–Kier alpha value is -2.70. The lowest BCUT2D eigenvalue weighted by Gasteiger charge is -2.34. The van der Waals surface area contributed by atoms with E-state index in [-0.39, 0.29) is 24.3 Å². The number of nitrogens with two attached hydrogens (primary N) is 1. The molecule has 0 saturated carbocycles. The lowest BCUT2D eigenvalue weighted by molar-refractivity contribution is -0.140. The fourth-order valence-electron chi connectivity index (χ4n) is 2.90. The Balaban J connectivity index is 2.27. The molecule has 1 aliphatic heterocycles. The smallest absolute Gasteiger partial charge is 0.262 e. The Labute approximate surface area is 126 Å². The molecule has 0 unspecified atom stereocenters. The van der Waals surface area contributed by atoms with Crippen molar-refractivity contribution in [2.24, 2.45) is 0 Å². The fraction of sp³-hybridized carbons (Fsp3) is 0.333. The van der Waals surface area contributed by atoms with Gasteiger partial charge in [0.1, 0.15) is 11.4 Å². The molecule has 1 aliphatic rings. The van der Waals surface area contributed by atoms with Crippen molar-refractivity contribution in [2.75, 3.05) is 5.73 Å². The summed E-state index contributed by atoms with van der Waals surface area (Å²) < 4.78 is 1.37. The standard InChI is InChI=1S/C15H16N4O3/c1-8-17-11-7-9(16)3-4-10(11)13(21)19(8)15(2)6-5-12(20)18-14(15)22/h3-4,7H,5-6,16H2,1-2H3,(H,18,20,22)/t15-/m0/s1. The first kappa shape index (κ1) is 14.2. The van der Waals surface area contributed by atoms with Gasteiger partial charge in [-0.25, -0.2) is 4.98 Å². The summed E-state index contributed by atoms with van der Waals surface area (Å²) in [6.07, 6.45) is 0.453. The molecule has 22 heavy (non-hydrogen) atoms. The van der Waals surface area contributed by atoms with E-state index in [2.05, 4.69) is 10.3 Å². The zero-order valence-corrected chi connectivity index (χ0v) is 12.3. The van der Waals surface area contributed by atoms with Crippen LogP contribution in [-0.2, 0) is 15.1 Å². The molecule has 1 fully saturated rings. The average Bonchev–Trinajstić information content (AvgIpc) is 2.43. The van der Waals surface area contributed by atoms with Crippen LogP contribution >= 0.6 is 0 Å². The minimum absolute atomic E-state index is 0.188. The molecule has 114 valence electrons. The van der Waals surface area contributed by atoms with E-state index < -0.39 is 11.4 Å². The van der Waals surface area contributed by atoms with Crippen molar-refractivity contribution in [2.45, 2.75) is 32.2 Å². The van der Waals surface area contributed by atoms with Crippen molar-refractivity contribution in [3.8, 4) is 0 Å². The third-order valence-electron chi connectivity index (χ3n) is 4.14. The van der Waals surface area contributed by atoms with E-state index >= 15 is 0 Å². The molecule has 0 bridgehead atoms. The van der Waals surface area contributed by atoms with Crippen LogP contribution in [0.2, 0.25) is 0 Å². The van der Waals surface area contributed by atoms with Gasteiger partial charge in [-0.05, 0) is 38.5 Å². The highest BCUT2D eigenvalue weighted by molar-refractivity contribution is 6.01. The number of rotatable bonds is 1. The molecular formula is C15H16N4O3. The zero-order valence-electron chi connectivity index (χ0n) is 12.3. The van der Waals surface area contributed by atoms with Gasteiger partial charge in [-0.15, -0.1) is 0 Å². The maximum Gasteiger partial charge on any atom is 0.262 e. The summed E-state index contributed by atoms with van der Waals surface area (Å²) in [6.45, 7) is 3.31. The summed E-state index contributed by atoms with van der Waals surface area (Å²) in [6, 6.07) is 4.85. The highest BCUT2D eigenvalue weighted by Gasteiger charge is 2.42. The van der Waals surface area contributed by atoms with Gasteiger partial charge in [-0.3, -0.25) is 24.3 Å². The highest BCUT2D eigenvalue weighted by Crippen LogP contribution is 2.26. The van der Waals surface area contributed by atoms with Gasteiger partial charge in [0.2, 0.25) is 5.91 Å². The summed E-state index contributed by atoms with van der Waals surface area (Å²) in [5.74, 6) is -0.393. The number of nitrogens with one attached hydrogen (secondary N) is 1. The number of hydrogen-bond acceptors (Lipinski definition) is 5. The van der Waals surface area contributed by atoms with Crippen molar-refractivity contribution in [1.82, 2.24) is 14.9 Å². The van der Waals surface area contributed by atoms with Gasteiger partial charge in [0, 0.05) is 12.1 Å². The van der Waals surface area contributed by atoms with Crippen molar-refractivity contribution >= 4 is 28.4 Å². The number of amides is 2. The number of nitrogens with zero attached hydrogens (tertiary/aromatic N) is 2. The number of benzene rings is 1. The van der Waals surface area contributed by atoms with E-state index in [1.54, 1.807) is 32.0 Å². The number of anilines is 1. The molecular weight excluding hydrogens is 284 g/mol. The average molecular weight is 300 g/mol. The Morgan fingerprint density at radius 2 is 2.05 bits per heavy atom. The maximum atomic E-state index is 12.8. The monoisotopic (exact) mass is 300 g/mol. The third-order valence-corrected chi connectivity index (χ3v) is 4.14. The van der Waals surface area contributed by atoms with Gasteiger partial charge in [0.05, 0.1) is 10.9 Å². The van der Waals surface area contributed by atoms with Crippen molar-refractivity contribution in [3.05, 3.63) is 34.4 Å². The molecule has 1 saturated heterocycles. The normalized spacial score (nSPS) is 21.9. The summed E-state index contributed by atoms with van der Waals surface area (Å²) in [5.41, 5.74) is 5.29. The van der Waals surface area contributed by atoms with Crippen molar-refractivity contribution in [1.29, 1.82) is 0 Å². The summed E-state index contributed by atoms with van der Waals surface area (Å²) in [4.78, 5) is 40.8. The van der Waals surface area contributed by atoms with Gasteiger partial charge >= 0.3 is 0 Å². The molecule has 0 radical (unpaired) electrons. The molecule has 1 aromatic carbocycles. The first-order valence-corrected chi connectivity index (χ1v) is 6.96. The third kappa shape index (κ3) is 1.97. The Morgan fingerprint density at radius 3 is 2.73 bits per heavy atom. The molecule has 2 amide bonds. The molecule has 0 spiro atoms. The van der Waals surface area contributed by atoms with E-state index in [9.17, 15) is 14.4 Å². The zero-order chi connectivity index (χ0) is 16.1. The van der Waals surface area contributed by atoms with Gasteiger partial charge < -0.3 is 5.73 Å². The lowest BCUT2D eigenvalue weighted by Crippen LogP contribution is -2.56. The topological polar surface area (TPSA) is 107 Å². The van der Waals surface area contributed by atoms with Gasteiger partial charge in [0.15, 0.2) is 0 Å². The van der Waals surface area contributed by atoms with Gasteiger partial charge in [-0.1, -0.05) is 0 Å². The van der Waals surface area contributed by atoms with Crippen molar-refractivity contribution in [3.63, 3.8) is 0 Å². The predicted octanol–water partition coefficient (Wildman–Crippen LogP) is 0.439. The lowest BCUT2D eigenvalue weighted by atomic mass is 9.90. The van der Waals surface area contributed by atoms with Crippen molar-refractivity contribution < 1.29 is 9.59 Å². The number of carbonyl (C=O) groups is 2. The summed E-state index contributed by atoms with van der Waals surface area (Å²) in [5, 5.41) is 2.69. The second-order valence-electron chi connectivity index (χ2n) is 5.73. The predicted molar refractivity (Wildman–Crippen MR) is 81.2 cm³/mol. The second kappa shape index (κ2) is 4.66. The molecule has 1 aromatic heterocycles. The number of carbonyl (C=O) groups excluding carboxylic acids is 2.